The van der Waals surface area contributed by atoms with E-state index in [0.29, 0.717) is 0 Å². The predicted octanol–water partition coefficient (Wildman–Crippen LogP) is -0.671. The van der Waals surface area contributed by atoms with Crippen LogP contribution in [0.4, 0.5) is 11.7 Å². The summed E-state index contributed by atoms with van der Waals surface area (Å²) in [6.45, 7) is 0. The molecule has 0 aliphatic rings. The van der Waals surface area contributed by atoms with Gasteiger partial charge in [0.25, 0.3) is 0 Å². The predicted molar refractivity (Wildman–Crippen MR) is 33.3 cm³/mol. The van der Waals surface area contributed by atoms with E-state index in [1.54, 1.807) is 0 Å². The fourth-order valence-corrected chi connectivity index (χ4v) is 3.21. The summed E-state index contributed by atoms with van der Waals surface area (Å²) in [6, 6.07) is 0. The van der Waals surface area contributed by atoms with Crippen LogP contribution in [0.1, 0.15) is 0 Å². The zero-order chi connectivity index (χ0) is 11.1. The third-order valence-corrected chi connectivity index (χ3v) is 5.38. The standard InChI is InChI=1S/CF3O6S3.Ag/c2-11(5,6)1(12(3,7)8)13(4,9)10;/q-1;+1. The largest absolute Gasteiger partial charge is 1.00 e. The Morgan fingerprint density at radius 3 is 0.786 bits per heavy atom. The Balaban J connectivity index is 0. The molecule has 0 aliphatic heterocycles. The molecule has 0 bridgehead atoms. The van der Waals surface area contributed by atoms with Crippen molar-refractivity contribution < 1.29 is 59.3 Å². The van der Waals surface area contributed by atoms with Crippen LogP contribution < -0.4 is 0 Å². The fraction of sp³-hybridized carbons (Fsp3) is 0. The van der Waals surface area contributed by atoms with Gasteiger partial charge in [0.2, 0.25) is 30.7 Å². The normalized spacial score (nSPS) is 13.7. The molecule has 13 heteroatoms. The summed E-state index contributed by atoms with van der Waals surface area (Å²) < 4.78 is 89.9. The number of hydrogen-bond donors (Lipinski definition) is 0. The second-order valence-corrected chi connectivity index (χ2v) is 6.19. The van der Waals surface area contributed by atoms with Gasteiger partial charge in [-0.2, -0.15) is 0 Å². The maximum Gasteiger partial charge on any atom is 1.00 e. The molecule has 14 heavy (non-hydrogen) atoms. The molecule has 0 aromatic heterocycles. The molecule has 0 fully saturated rings. The zero-order valence-electron chi connectivity index (χ0n) is 5.61. The fourth-order valence-electron chi connectivity index (χ4n) is 0.357. The number of rotatable bonds is 3. The Hall–Kier alpha value is 0.380. The van der Waals surface area contributed by atoms with Crippen molar-refractivity contribution in [3.8, 4) is 0 Å². The van der Waals surface area contributed by atoms with Crippen LogP contribution in [0, 0.1) is 3.91 Å². The first-order chi connectivity index (χ1) is 5.37. The van der Waals surface area contributed by atoms with Gasteiger partial charge in [-0.3, -0.25) is 0 Å². The van der Waals surface area contributed by atoms with Gasteiger partial charge in [0, 0.05) is 0 Å². The molecule has 90 valence electrons. The minimum atomic E-state index is -6.49. The summed E-state index contributed by atoms with van der Waals surface area (Å²) in [5, 5.41) is 0. The average Bonchev–Trinajstić information content (AvgIpc) is 1.44. The summed E-state index contributed by atoms with van der Waals surface area (Å²) in [5.41, 5.74) is 0. The van der Waals surface area contributed by atoms with Gasteiger partial charge in [0.15, 0.2) is 0 Å². The molecule has 0 amide bonds. The van der Waals surface area contributed by atoms with Gasteiger partial charge in [-0.25, -0.2) is 25.3 Å². The Kier molecular flexibility index (Phi) is 5.38. The van der Waals surface area contributed by atoms with Crippen molar-refractivity contribution in [3.05, 3.63) is 3.91 Å². The van der Waals surface area contributed by atoms with Crippen molar-refractivity contribution in [1.82, 2.24) is 0 Å². The molecule has 6 nitrogen and oxygen atoms in total. The molecule has 0 spiro atoms. The molecule has 0 aromatic carbocycles. The summed E-state index contributed by atoms with van der Waals surface area (Å²) in [4.78, 5) is 0. The van der Waals surface area contributed by atoms with Crippen LogP contribution in [0.15, 0.2) is 0 Å². The van der Waals surface area contributed by atoms with Crippen molar-refractivity contribution in [1.29, 1.82) is 0 Å². The summed E-state index contributed by atoms with van der Waals surface area (Å²) >= 11 is 0. The molecule has 0 aromatic rings. The van der Waals surface area contributed by atoms with E-state index in [4.69, 9.17) is 0 Å². The number of hydrogen-bond acceptors (Lipinski definition) is 6. The van der Waals surface area contributed by atoms with Gasteiger partial charge in [-0.05, 0) is 0 Å². The molecule has 0 aliphatic carbocycles. The van der Waals surface area contributed by atoms with E-state index in [1.165, 1.54) is 0 Å². The molecule has 0 saturated heterocycles. The van der Waals surface area contributed by atoms with E-state index in [0.717, 1.165) is 0 Å². The van der Waals surface area contributed by atoms with E-state index >= 15 is 0 Å². The van der Waals surface area contributed by atoms with Crippen molar-refractivity contribution >= 4 is 30.7 Å². The van der Waals surface area contributed by atoms with Crippen LogP contribution in [0.2, 0.25) is 0 Å². The van der Waals surface area contributed by atoms with Crippen LogP contribution >= 0.6 is 0 Å². The average molecular weight is 369 g/mol. The van der Waals surface area contributed by atoms with E-state index in [2.05, 4.69) is 0 Å². The SMILES string of the molecule is O=S(=O)(F)[C-](S(=O)(=O)F)S(=O)(=O)F.[Ag+]. The summed E-state index contributed by atoms with van der Waals surface area (Å²) in [6.07, 6.45) is 0. The second kappa shape index (κ2) is 4.49. The van der Waals surface area contributed by atoms with Crippen LogP contribution in [-0.4, -0.2) is 25.3 Å². The Labute approximate surface area is 93.6 Å². The van der Waals surface area contributed by atoms with Gasteiger partial charge < -0.3 is 0 Å². The van der Waals surface area contributed by atoms with Crippen molar-refractivity contribution in [3.63, 3.8) is 0 Å². The molecule has 0 atom stereocenters. The van der Waals surface area contributed by atoms with Crippen molar-refractivity contribution in [2.24, 2.45) is 0 Å². The van der Waals surface area contributed by atoms with Crippen LogP contribution in [-0.2, 0) is 53.0 Å². The Morgan fingerprint density at radius 2 is 0.786 bits per heavy atom. The van der Waals surface area contributed by atoms with Gasteiger partial charge in [-0.15, -0.1) is 11.7 Å². The zero-order valence-corrected chi connectivity index (χ0v) is 9.54. The van der Waals surface area contributed by atoms with Crippen molar-refractivity contribution in [2.75, 3.05) is 0 Å². The maximum absolute atomic E-state index is 11.7. The molecule has 0 rings (SSSR count). The molecule has 0 N–H and O–H groups in total. The first-order valence-corrected chi connectivity index (χ1v) is 6.23. The minimum absolute atomic E-state index is 0. The first kappa shape index (κ1) is 16.8. The van der Waals surface area contributed by atoms with Crippen LogP contribution in [0.5, 0.6) is 0 Å². The summed E-state index contributed by atoms with van der Waals surface area (Å²) in [5.74, 6) is 0. The molecule has 0 unspecified atom stereocenters. The summed E-state index contributed by atoms with van der Waals surface area (Å²) in [7, 11) is -19.5. The van der Waals surface area contributed by atoms with E-state index < -0.39 is 34.6 Å². The molecular weight excluding hydrogens is 369 g/mol. The Morgan fingerprint density at radius 1 is 0.643 bits per heavy atom. The molecule has 0 saturated carbocycles. The quantitative estimate of drug-likeness (QED) is 0.372. The van der Waals surface area contributed by atoms with Gasteiger partial charge in [0.05, 0.1) is 0 Å². The third kappa shape index (κ3) is 4.75. The minimum Gasteiger partial charge on any atom is -0.227 e. The number of halogens is 3. The smallest absolute Gasteiger partial charge is 0.227 e. The third-order valence-electron chi connectivity index (χ3n) is 0.597. The Bertz CT molecular complexity index is 410. The molecule has 0 heterocycles. The van der Waals surface area contributed by atoms with Gasteiger partial charge in [-0.1, -0.05) is 0 Å². The van der Waals surface area contributed by atoms with E-state index in [9.17, 15) is 36.9 Å². The van der Waals surface area contributed by atoms with Crippen LogP contribution in [0.3, 0.4) is 0 Å². The second-order valence-electron chi connectivity index (χ2n) is 1.56. The monoisotopic (exact) mass is 368 g/mol. The van der Waals surface area contributed by atoms with Gasteiger partial charge >= 0.3 is 22.4 Å². The van der Waals surface area contributed by atoms with Crippen molar-refractivity contribution in [2.45, 2.75) is 0 Å². The maximum atomic E-state index is 11.7. The molecular formula is CAgF3O6S3. The first-order valence-electron chi connectivity index (χ1n) is 2.08. The molecule has 0 radical (unpaired) electrons. The van der Waals surface area contributed by atoms with Crippen LogP contribution in [0.25, 0.3) is 0 Å². The van der Waals surface area contributed by atoms with E-state index in [1.807, 2.05) is 0 Å². The van der Waals surface area contributed by atoms with Gasteiger partial charge in [0.1, 0.15) is 3.91 Å². The van der Waals surface area contributed by atoms with E-state index in [-0.39, 0.29) is 22.4 Å². The topological polar surface area (TPSA) is 102 Å².